The minimum Gasteiger partial charge on any atom is -0.0628 e. The fourth-order valence-electron chi connectivity index (χ4n) is 2.33. The zero-order valence-electron chi connectivity index (χ0n) is 6.43. The topological polar surface area (TPSA) is 0 Å². The quantitative estimate of drug-likeness (QED) is 0.531. The Labute approximate surface area is 57.6 Å². The molecule has 3 fully saturated rings. The van der Waals surface area contributed by atoms with Crippen LogP contribution in [0.25, 0.3) is 0 Å². The van der Waals surface area contributed by atoms with Gasteiger partial charge in [-0.1, -0.05) is 13.8 Å². The maximum Gasteiger partial charge on any atom is -0.0355 e. The summed E-state index contributed by atoms with van der Waals surface area (Å²) in [5, 5.41) is 0. The molecule has 0 saturated heterocycles. The van der Waals surface area contributed by atoms with Crippen molar-refractivity contribution in [2.75, 3.05) is 0 Å². The molecule has 2 bridgehead atoms. The first-order valence-corrected chi connectivity index (χ1v) is 4.27. The summed E-state index contributed by atoms with van der Waals surface area (Å²) >= 11 is 0. The van der Waals surface area contributed by atoms with Crippen molar-refractivity contribution >= 4 is 0 Å². The van der Waals surface area contributed by atoms with Gasteiger partial charge in [-0.2, -0.15) is 0 Å². The van der Waals surface area contributed by atoms with Crippen molar-refractivity contribution in [2.45, 2.75) is 33.1 Å². The van der Waals surface area contributed by atoms with Gasteiger partial charge in [-0.15, -0.1) is 0 Å². The largest absolute Gasteiger partial charge is 0.0628 e. The molecule has 0 aromatic carbocycles. The highest BCUT2D eigenvalue weighted by Gasteiger charge is 2.51. The third-order valence-electron chi connectivity index (χ3n) is 3.17. The summed E-state index contributed by atoms with van der Waals surface area (Å²) in [6.45, 7) is 4.69. The van der Waals surface area contributed by atoms with E-state index in [0.717, 1.165) is 5.92 Å². The highest BCUT2D eigenvalue weighted by atomic mass is 14.6. The lowest BCUT2D eigenvalue weighted by Gasteiger charge is -2.59. The Morgan fingerprint density at radius 2 is 1.78 bits per heavy atom. The zero-order valence-corrected chi connectivity index (χ0v) is 6.43. The van der Waals surface area contributed by atoms with E-state index >= 15 is 0 Å². The van der Waals surface area contributed by atoms with Crippen molar-refractivity contribution in [3.05, 3.63) is 0 Å². The second kappa shape index (κ2) is 1.74. The van der Waals surface area contributed by atoms with Gasteiger partial charge in [-0.25, -0.2) is 0 Å². The Hall–Kier alpha value is 0. The SMILES string of the molecule is CC(C)CC1C2CC1C2. The van der Waals surface area contributed by atoms with Crippen molar-refractivity contribution in [3.63, 3.8) is 0 Å². The highest BCUT2D eigenvalue weighted by Crippen LogP contribution is 2.60. The fourth-order valence-corrected chi connectivity index (χ4v) is 2.33. The molecule has 3 saturated carbocycles. The summed E-state index contributed by atoms with van der Waals surface area (Å²) in [6, 6.07) is 0. The molecular weight excluding hydrogens is 108 g/mol. The van der Waals surface area contributed by atoms with Crippen molar-refractivity contribution in [1.29, 1.82) is 0 Å². The lowest BCUT2D eigenvalue weighted by Crippen LogP contribution is -2.50. The van der Waals surface area contributed by atoms with Gasteiger partial charge in [-0.05, 0) is 42.9 Å². The molecule has 3 rings (SSSR count). The molecule has 9 heavy (non-hydrogen) atoms. The van der Waals surface area contributed by atoms with Crippen LogP contribution in [0, 0.1) is 23.7 Å². The lowest BCUT2D eigenvalue weighted by molar-refractivity contribution is -0.0909. The summed E-state index contributed by atoms with van der Waals surface area (Å²) < 4.78 is 0. The van der Waals surface area contributed by atoms with Crippen LogP contribution in [-0.2, 0) is 0 Å². The molecular formula is C9H16. The van der Waals surface area contributed by atoms with Crippen LogP contribution in [0.4, 0.5) is 0 Å². The van der Waals surface area contributed by atoms with Crippen molar-refractivity contribution in [2.24, 2.45) is 23.7 Å². The van der Waals surface area contributed by atoms with Crippen LogP contribution in [0.3, 0.4) is 0 Å². The number of hydrogen-bond acceptors (Lipinski definition) is 0. The van der Waals surface area contributed by atoms with E-state index in [1.165, 1.54) is 24.2 Å². The molecule has 3 aliphatic carbocycles. The molecule has 0 radical (unpaired) electrons. The molecule has 0 N–H and O–H groups in total. The number of rotatable bonds is 2. The second-order valence-electron chi connectivity index (χ2n) is 4.28. The van der Waals surface area contributed by atoms with Gasteiger partial charge >= 0.3 is 0 Å². The van der Waals surface area contributed by atoms with Crippen molar-refractivity contribution < 1.29 is 0 Å². The Kier molecular flexibility index (Phi) is 1.12. The van der Waals surface area contributed by atoms with Gasteiger partial charge in [0.25, 0.3) is 0 Å². The van der Waals surface area contributed by atoms with Crippen LogP contribution in [0.1, 0.15) is 33.1 Å². The van der Waals surface area contributed by atoms with Crippen LogP contribution in [0.15, 0.2) is 0 Å². The molecule has 3 aliphatic rings. The van der Waals surface area contributed by atoms with Crippen molar-refractivity contribution in [3.8, 4) is 0 Å². The summed E-state index contributed by atoms with van der Waals surface area (Å²) in [5.74, 6) is 4.47. The van der Waals surface area contributed by atoms with E-state index in [2.05, 4.69) is 13.8 Å². The Balaban J connectivity index is 1.77. The van der Waals surface area contributed by atoms with Gasteiger partial charge in [0.1, 0.15) is 0 Å². The minimum atomic E-state index is 0.945. The third kappa shape index (κ3) is 0.720. The molecule has 0 aliphatic heterocycles. The molecule has 0 amide bonds. The van der Waals surface area contributed by atoms with E-state index in [9.17, 15) is 0 Å². The first kappa shape index (κ1) is 5.76. The maximum atomic E-state index is 2.35. The van der Waals surface area contributed by atoms with Gasteiger partial charge in [-0.3, -0.25) is 0 Å². The van der Waals surface area contributed by atoms with Gasteiger partial charge in [0.05, 0.1) is 0 Å². The van der Waals surface area contributed by atoms with Crippen molar-refractivity contribution in [1.82, 2.24) is 0 Å². The second-order valence-corrected chi connectivity index (χ2v) is 4.28. The predicted molar refractivity (Wildman–Crippen MR) is 39.2 cm³/mol. The molecule has 0 spiro atoms. The third-order valence-corrected chi connectivity index (χ3v) is 3.17. The molecule has 0 heteroatoms. The predicted octanol–water partition coefficient (Wildman–Crippen LogP) is 2.69. The van der Waals surface area contributed by atoms with E-state index < -0.39 is 0 Å². The summed E-state index contributed by atoms with van der Waals surface area (Å²) in [5.41, 5.74) is 0. The van der Waals surface area contributed by atoms with Gasteiger partial charge in [0.15, 0.2) is 0 Å². The van der Waals surface area contributed by atoms with Crippen LogP contribution in [0.2, 0.25) is 0 Å². The van der Waals surface area contributed by atoms with E-state index in [-0.39, 0.29) is 0 Å². The standard InChI is InChI=1S/C9H16/c1-6(2)3-9-7-4-8(9)5-7/h6-9H,3-5H2,1-2H3. The first-order valence-electron chi connectivity index (χ1n) is 4.27. The zero-order chi connectivity index (χ0) is 6.43. The highest BCUT2D eigenvalue weighted by molar-refractivity contribution is 5.01. The molecule has 0 aromatic rings. The van der Waals surface area contributed by atoms with Crippen LogP contribution < -0.4 is 0 Å². The minimum absolute atomic E-state index is 0.945. The average Bonchev–Trinajstić information content (AvgIpc) is 1.54. The lowest BCUT2D eigenvalue weighted by atomic mass is 9.46. The molecule has 52 valence electrons. The van der Waals surface area contributed by atoms with E-state index in [1.807, 2.05) is 0 Å². The molecule has 0 aromatic heterocycles. The smallest absolute Gasteiger partial charge is 0.0355 e. The van der Waals surface area contributed by atoms with Crippen LogP contribution in [0.5, 0.6) is 0 Å². The molecule has 0 heterocycles. The monoisotopic (exact) mass is 124 g/mol. The fraction of sp³-hybridized carbons (Fsp3) is 1.00. The average molecular weight is 124 g/mol. The van der Waals surface area contributed by atoms with Gasteiger partial charge in [0.2, 0.25) is 0 Å². The maximum absolute atomic E-state index is 2.35. The van der Waals surface area contributed by atoms with Gasteiger partial charge in [0, 0.05) is 0 Å². The Bertz CT molecular complexity index is 101. The molecule has 0 nitrogen and oxygen atoms in total. The normalized spacial score (nSPS) is 46.3. The number of hydrogen-bond donors (Lipinski definition) is 0. The van der Waals surface area contributed by atoms with E-state index in [0.29, 0.717) is 0 Å². The summed E-state index contributed by atoms with van der Waals surface area (Å²) in [7, 11) is 0. The van der Waals surface area contributed by atoms with Crippen LogP contribution in [-0.4, -0.2) is 0 Å². The van der Waals surface area contributed by atoms with Gasteiger partial charge < -0.3 is 0 Å². The first-order chi connectivity index (χ1) is 4.27. The molecule has 0 unspecified atom stereocenters. The Morgan fingerprint density at radius 3 is 1.89 bits per heavy atom. The van der Waals surface area contributed by atoms with E-state index in [1.54, 1.807) is 12.8 Å². The summed E-state index contributed by atoms with van der Waals surface area (Å²) in [6.07, 6.45) is 4.67. The van der Waals surface area contributed by atoms with Crippen LogP contribution >= 0.6 is 0 Å². The molecule has 0 atom stereocenters. The summed E-state index contributed by atoms with van der Waals surface area (Å²) in [4.78, 5) is 0. The van der Waals surface area contributed by atoms with E-state index in [4.69, 9.17) is 0 Å². The Morgan fingerprint density at radius 1 is 1.22 bits per heavy atom.